The highest BCUT2D eigenvalue weighted by molar-refractivity contribution is 5.99. The van der Waals surface area contributed by atoms with Crippen LogP contribution >= 0.6 is 0 Å². The molecule has 11 nitrogen and oxygen atoms in total. The van der Waals surface area contributed by atoms with Gasteiger partial charge in [-0.1, -0.05) is 12.6 Å². The van der Waals surface area contributed by atoms with Gasteiger partial charge >= 0.3 is 6.18 Å². The molecule has 0 aliphatic carbocycles. The number of hydrogen-bond donors (Lipinski definition) is 3. The van der Waals surface area contributed by atoms with Gasteiger partial charge in [-0.15, -0.1) is 0 Å². The summed E-state index contributed by atoms with van der Waals surface area (Å²) in [5.74, 6) is 0.164. The predicted molar refractivity (Wildman–Crippen MR) is 151 cm³/mol. The number of hydrogen-bond acceptors (Lipinski definition) is 10. The highest BCUT2D eigenvalue weighted by atomic mass is 19.4. The van der Waals surface area contributed by atoms with E-state index in [1.165, 1.54) is 26.3 Å². The molecule has 41 heavy (non-hydrogen) atoms. The number of anilines is 6. The third kappa shape index (κ3) is 8.63. The Hall–Kier alpha value is -4.72. The van der Waals surface area contributed by atoms with Gasteiger partial charge in [-0.25, -0.2) is 9.97 Å². The van der Waals surface area contributed by atoms with Gasteiger partial charge in [0.25, 0.3) is 0 Å². The van der Waals surface area contributed by atoms with Gasteiger partial charge in [0.2, 0.25) is 11.9 Å². The maximum atomic E-state index is 13.7. The van der Waals surface area contributed by atoms with Gasteiger partial charge in [-0.3, -0.25) is 4.79 Å². The van der Waals surface area contributed by atoms with Crippen molar-refractivity contribution in [3.05, 3.63) is 60.9 Å². The zero-order chi connectivity index (χ0) is 30.0. The highest BCUT2D eigenvalue weighted by Crippen LogP contribution is 2.36. The highest BCUT2D eigenvalue weighted by Gasteiger charge is 2.35. The number of benzene rings is 1. The third-order valence-electron chi connectivity index (χ3n) is 5.82. The molecule has 1 aromatic carbocycles. The van der Waals surface area contributed by atoms with Crippen molar-refractivity contribution < 1.29 is 27.5 Å². The van der Waals surface area contributed by atoms with Crippen molar-refractivity contribution in [3.8, 4) is 5.75 Å². The summed E-state index contributed by atoms with van der Waals surface area (Å²) >= 11 is 0. The summed E-state index contributed by atoms with van der Waals surface area (Å²) in [5.41, 5.74) is -0.0146. The van der Waals surface area contributed by atoms with E-state index in [9.17, 15) is 18.0 Å². The van der Waals surface area contributed by atoms with Crippen LogP contribution in [0.3, 0.4) is 0 Å². The molecule has 1 aliphatic heterocycles. The Kier molecular flexibility index (Phi) is 10.6. The standard InChI is InChI=1S/C25H27F3N8O2.C2H4O/c1-4-22(37)31-16-6-5-7-17(12-16)32-23-18(25(26,27)28)14-30-24(34-23)33-19-15-29-21(13-20(19)38-3)36-10-8-35(2)9-11-36;1-2-3/h4-7,12-15H,1,8-11H2,2-3H3,(H,31,37)(H2,30,32,33,34);2H,1H3. The lowest BCUT2D eigenvalue weighted by molar-refractivity contribution is -0.137. The minimum atomic E-state index is -4.71. The molecule has 1 amide bonds. The first-order valence-electron chi connectivity index (χ1n) is 12.5. The summed E-state index contributed by atoms with van der Waals surface area (Å²) in [6, 6.07) is 7.95. The molecule has 0 spiro atoms. The molecule has 0 radical (unpaired) electrons. The average molecular weight is 573 g/mol. The molecule has 2 aromatic heterocycles. The Balaban J connectivity index is 0.00000147. The van der Waals surface area contributed by atoms with Crippen molar-refractivity contribution in [3.63, 3.8) is 0 Å². The molecule has 0 unspecified atom stereocenters. The first-order valence-corrected chi connectivity index (χ1v) is 12.5. The molecule has 218 valence electrons. The number of aromatic nitrogens is 3. The molecule has 0 atom stereocenters. The molecular formula is C27H31F3N8O3. The number of likely N-dealkylation sites (N-methyl/N-ethyl adjacent to an activating group) is 1. The molecule has 4 rings (SSSR count). The van der Waals surface area contributed by atoms with E-state index in [2.05, 4.69) is 54.3 Å². The number of carbonyl (C=O) groups is 2. The second kappa shape index (κ2) is 14.1. The number of alkyl halides is 3. The number of halogens is 3. The number of methoxy groups -OCH3 is 1. The van der Waals surface area contributed by atoms with Crippen LogP contribution in [0, 0.1) is 0 Å². The van der Waals surface area contributed by atoms with Crippen molar-refractivity contribution in [2.45, 2.75) is 13.1 Å². The summed E-state index contributed by atoms with van der Waals surface area (Å²) < 4.78 is 46.7. The van der Waals surface area contributed by atoms with Gasteiger partial charge < -0.3 is 35.3 Å². The van der Waals surface area contributed by atoms with Crippen molar-refractivity contribution in [1.29, 1.82) is 0 Å². The van der Waals surface area contributed by atoms with E-state index in [0.717, 1.165) is 44.4 Å². The summed E-state index contributed by atoms with van der Waals surface area (Å²) in [6.07, 6.45) is -0.643. The lowest BCUT2D eigenvalue weighted by Gasteiger charge is -2.33. The van der Waals surface area contributed by atoms with Gasteiger partial charge in [0.05, 0.1) is 13.3 Å². The lowest BCUT2D eigenvalue weighted by Crippen LogP contribution is -2.44. The van der Waals surface area contributed by atoms with Crippen molar-refractivity contribution in [2.75, 3.05) is 61.2 Å². The molecule has 1 saturated heterocycles. The summed E-state index contributed by atoms with van der Waals surface area (Å²) in [6.45, 7) is 8.26. The summed E-state index contributed by atoms with van der Waals surface area (Å²) in [7, 11) is 3.55. The number of ether oxygens (including phenoxy) is 1. The summed E-state index contributed by atoms with van der Waals surface area (Å²) in [4.78, 5) is 37.2. The van der Waals surface area contributed by atoms with E-state index in [0.29, 0.717) is 23.3 Å². The topological polar surface area (TPSA) is 125 Å². The van der Waals surface area contributed by atoms with E-state index in [-0.39, 0.29) is 11.6 Å². The van der Waals surface area contributed by atoms with E-state index < -0.39 is 23.5 Å². The fourth-order valence-electron chi connectivity index (χ4n) is 3.77. The van der Waals surface area contributed by atoms with Gasteiger partial charge in [0, 0.05) is 49.8 Å². The number of piperazine rings is 1. The molecule has 14 heteroatoms. The van der Waals surface area contributed by atoms with Crippen LogP contribution in [0.5, 0.6) is 5.75 Å². The molecule has 0 saturated carbocycles. The van der Waals surface area contributed by atoms with Crippen LogP contribution in [-0.2, 0) is 15.8 Å². The zero-order valence-corrected chi connectivity index (χ0v) is 22.8. The number of carbonyl (C=O) groups excluding carboxylic acids is 2. The smallest absolute Gasteiger partial charge is 0.421 e. The third-order valence-corrected chi connectivity index (χ3v) is 5.82. The maximum Gasteiger partial charge on any atom is 0.421 e. The summed E-state index contributed by atoms with van der Waals surface area (Å²) in [5, 5.41) is 8.13. The number of amides is 1. The minimum Gasteiger partial charge on any atom is -0.494 e. The van der Waals surface area contributed by atoms with E-state index >= 15 is 0 Å². The van der Waals surface area contributed by atoms with Crippen LogP contribution in [-0.4, -0.2) is 72.4 Å². The number of rotatable bonds is 8. The van der Waals surface area contributed by atoms with Gasteiger partial charge in [0.15, 0.2) is 0 Å². The first kappa shape index (κ1) is 30.8. The number of nitrogens with zero attached hydrogens (tertiary/aromatic N) is 5. The number of aldehydes is 1. The monoisotopic (exact) mass is 572 g/mol. The minimum absolute atomic E-state index is 0.0935. The van der Waals surface area contributed by atoms with Gasteiger partial charge in [-0.05, 0) is 38.2 Å². The Labute approximate surface area is 235 Å². The SMILES string of the molecule is C=CC(=O)Nc1cccc(Nc2nc(Nc3cnc(N4CCN(C)CC4)cc3OC)ncc2C(F)(F)F)c1.CC=O. The van der Waals surface area contributed by atoms with E-state index in [1.54, 1.807) is 24.3 Å². The van der Waals surface area contributed by atoms with Gasteiger partial charge in [-0.2, -0.15) is 18.2 Å². The van der Waals surface area contributed by atoms with E-state index in [1.807, 2.05) is 0 Å². The molecule has 3 N–H and O–H groups in total. The Bertz CT molecular complexity index is 1360. The fraction of sp³-hybridized carbons (Fsp3) is 0.296. The Morgan fingerprint density at radius 1 is 1.07 bits per heavy atom. The Morgan fingerprint density at radius 3 is 2.39 bits per heavy atom. The number of nitrogens with one attached hydrogen (secondary N) is 3. The number of pyridine rings is 1. The quantitative estimate of drug-likeness (QED) is 0.263. The molecule has 1 fully saturated rings. The van der Waals surface area contributed by atoms with Crippen molar-refractivity contribution in [1.82, 2.24) is 19.9 Å². The Morgan fingerprint density at radius 2 is 1.76 bits per heavy atom. The second-order valence-electron chi connectivity index (χ2n) is 8.75. The molecular weight excluding hydrogens is 541 g/mol. The largest absolute Gasteiger partial charge is 0.494 e. The lowest BCUT2D eigenvalue weighted by atomic mass is 10.2. The van der Waals surface area contributed by atoms with Crippen LogP contribution in [0.2, 0.25) is 0 Å². The zero-order valence-electron chi connectivity index (χ0n) is 22.8. The molecule has 0 bridgehead atoms. The van der Waals surface area contributed by atoms with Crippen LogP contribution in [0.1, 0.15) is 12.5 Å². The molecule has 3 heterocycles. The van der Waals surface area contributed by atoms with Crippen LogP contribution < -0.4 is 25.6 Å². The normalized spacial score (nSPS) is 13.4. The average Bonchev–Trinajstić information content (AvgIpc) is 2.94. The predicted octanol–water partition coefficient (Wildman–Crippen LogP) is 4.47. The van der Waals surface area contributed by atoms with Crippen LogP contribution in [0.4, 0.5) is 47.8 Å². The second-order valence-corrected chi connectivity index (χ2v) is 8.75. The van der Waals surface area contributed by atoms with Crippen molar-refractivity contribution >= 4 is 46.8 Å². The van der Waals surface area contributed by atoms with Crippen LogP contribution in [0.25, 0.3) is 0 Å². The van der Waals surface area contributed by atoms with Crippen molar-refractivity contribution in [2.24, 2.45) is 0 Å². The molecule has 3 aromatic rings. The maximum absolute atomic E-state index is 13.7. The fourth-order valence-corrected chi connectivity index (χ4v) is 3.77. The first-order chi connectivity index (χ1) is 19.6. The van der Waals surface area contributed by atoms with Crippen LogP contribution in [0.15, 0.2) is 55.4 Å². The molecule has 1 aliphatic rings. The van der Waals surface area contributed by atoms with E-state index in [4.69, 9.17) is 9.53 Å². The van der Waals surface area contributed by atoms with Gasteiger partial charge in [0.1, 0.15) is 34.9 Å².